The second-order valence-corrected chi connectivity index (χ2v) is 5.68. The van der Waals surface area contributed by atoms with Gasteiger partial charge in [0.25, 0.3) is 0 Å². The van der Waals surface area contributed by atoms with Gasteiger partial charge in [-0.2, -0.15) is 0 Å². The number of rotatable bonds is 1. The first-order chi connectivity index (χ1) is 11.1. The van der Waals surface area contributed by atoms with Gasteiger partial charge in [-0.05, 0) is 5.56 Å². The lowest BCUT2D eigenvalue weighted by Crippen LogP contribution is -2.23. The fourth-order valence-electron chi connectivity index (χ4n) is 3.25. The van der Waals surface area contributed by atoms with Gasteiger partial charge in [-0.1, -0.05) is 60.7 Å². The van der Waals surface area contributed by atoms with Crippen molar-refractivity contribution in [1.29, 1.82) is 0 Å². The first kappa shape index (κ1) is 13.8. The molecule has 4 rings (SSSR count). The first-order valence-electron chi connectivity index (χ1n) is 7.29. The molecule has 0 spiro atoms. The highest BCUT2D eigenvalue weighted by atomic mass is 16.3. The summed E-state index contributed by atoms with van der Waals surface area (Å²) in [5.41, 5.74) is 1.39. The number of Topliss-reactive ketones (excluding diaryl/α,β-unsaturated/α-hetero) is 3. The standard InChI is InChI=1S/C19H11O4/c20-16-10-5-1-2-6-11(10)17(21)14(16)9-15-18(22)12-7-3-4-8-13(12)19(15)23/h1-9,14,16H/q-1. The van der Waals surface area contributed by atoms with Crippen molar-refractivity contribution in [3.8, 4) is 0 Å². The number of benzene rings is 2. The fourth-order valence-corrected chi connectivity index (χ4v) is 3.25. The minimum Gasteiger partial charge on any atom is -0.848 e. The van der Waals surface area contributed by atoms with Gasteiger partial charge >= 0.3 is 0 Å². The Labute approximate surface area is 132 Å². The molecule has 112 valence electrons. The molecule has 2 aliphatic rings. The van der Waals surface area contributed by atoms with Gasteiger partial charge < -0.3 is 5.11 Å². The monoisotopic (exact) mass is 303 g/mol. The summed E-state index contributed by atoms with van der Waals surface area (Å²) in [6.07, 6.45) is -0.0134. The Balaban J connectivity index is 1.78. The number of carbonyl (C=O) groups is 3. The van der Waals surface area contributed by atoms with Gasteiger partial charge in [0, 0.05) is 22.6 Å². The zero-order chi connectivity index (χ0) is 16.1. The van der Waals surface area contributed by atoms with E-state index in [2.05, 4.69) is 0 Å². The van der Waals surface area contributed by atoms with Crippen LogP contribution >= 0.6 is 0 Å². The topological polar surface area (TPSA) is 74.3 Å². The predicted molar refractivity (Wildman–Crippen MR) is 80.2 cm³/mol. The summed E-state index contributed by atoms with van der Waals surface area (Å²) in [5.74, 6) is -2.17. The maximum absolute atomic E-state index is 12.5. The summed E-state index contributed by atoms with van der Waals surface area (Å²) < 4.78 is 0. The quantitative estimate of drug-likeness (QED) is 0.596. The van der Waals surface area contributed by atoms with Crippen LogP contribution in [-0.2, 0) is 0 Å². The van der Waals surface area contributed by atoms with Crippen LogP contribution in [0.3, 0.4) is 0 Å². The Morgan fingerprint density at radius 1 is 0.783 bits per heavy atom. The summed E-state index contributed by atoms with van der Waals surface area (Å²) in [6, 6.07) is 13.1. The molecule has 2 unspecified atom stereocenters. The van der Waals surface area contributed by atoms with E-state index < -0.39 is 23.6 Å². The number of hydrogen-bond donors (Lipinski definition) is 0. The van der Waals surface area contributed by atoms with Gasteiger partial charge in [-0.15, -0.1) is 0 Å². The van der Waals surface area contributed by atoms with E-state index in [9.17, 15) is 19.5 Å². The van der Waals surface area contributed by atoms with Crippen LogP contribution in [0, 0.1) is 5.92 Å². The lowest BCUT2D eigenvalue weighted by atomic mass is 9.97. The van der Waals surface area contributed by atoms with E-state index in [4.69, 9.17) is 0 Å². The number of carbonyl (C=O) groups excluding carboxylic acids is 3. The molecule has 2 atom stereocenters. The van der Waals surface area contributed by atoms with Crippen molar-refractivity contribution in [2.45, 2.75) is 6.10 Å². The molecule has 0 aliphatic heterocycles. The Morgan fingerprint density at radius 3 is 1.87 bits per heavy atom. The van der Waals surface area contributed by atoms with Crippen LogP contribution in [0.2, 0.25) is 0 Å². The van der Waals surface area contributed by atoms with Crippen LogP contribution in [0.25, 0.3) is 0 Å². The molecule has 0 bridgehead atoms. The van der Waals surface area contributed by atoms with Gasteiger partial charge in [0.2, 0.25) is 0 Å². The van der Waals surface area contributed by atoms with E-state index in [1.165, 1.54) is 6.08 Å². The summed E-state index contributed by atoms with van der Waals surface area (Å²) in [6.45, 7) is 0. The Bertz CT molecular complexity index is 870. The van der Waals surface area contributed by atoms with Crippen LogP contribution in [0.4, 0.5) is 0 Å². The van der Waals surface area contributed by atoms with E-state index in [1.807, 2.05) is 0 Å². The second kappa shape index (κ2) is 4.83. The second-order valence-electron chi connectivity index (χ2n) is 5.68. The van der Waals surface area contributed by atoms with Crippen molar-refractivity contribution >= 4 is 17.3 Å². The van der Waals surface area contributed by atoms with E-state index >= 15 is 0 Å². The lowest BCUT2D eigenvalue weighted by Gasteiger charge is -2.21. The highest BCUT2D eigenvalue weighted by Crippen LogP contribution is 2.37. The van der Waals surface area contributed by atoms with E-state index in [1.54, 1.807) is 48.5 Å². The maximum Gasteiger partial charge on any atom is 0.197 e. The van der Waals surface area contributed by atoms with Crippen molar-refractivity contribution in [1.82, 2.24) is 0 Å². The summed E-state index contributed by atoms with van der Waals surface area (Å²) in [7, 11) is 0. The third kappa shape index (κ3) is 1.85. The molecule has 0 saturated heterocycles. The van der Waals surface area contributed by atoms with Gasteiger partial charge in [-0.25, -0.2) is 0 Å². The molecule has 2 aromatic carbocycles. The minimum atomic E-state index is -1.28. The van der Waals surface area contributed by atoms with E-state index in [-0.39, 0.29) is 11.4 Å². The van der Waals surface area contributed by atoms with Crippen molar-refractivity contribution in [3.63, 3.8) is 0 Å². The SMILES string of the molecule is O=C1C(=CC2C(=O)c3ccccc3C2[O-])C(=O)c2ccccc21. The molecule has 0 amide bonds. The van der Waals surface area contributed by atoms with Crippen LogP contribution in [0.1, 0.15) is 42.7 Å². The first-order valence-corrected chi connectivity index (χ1v) is 7.29. The molecule has 2 aromatic rings. The van der Waals surface area contributed by atoms with Gasteiger partial charge in [0.1, 0.15) is 0 Å². The third-order valence-corrected chi connectivity index (χ3v) is 4.41. The van der Waals surface area contributed by atoms with Crippen molar-refractivity contribution in [2.24, 2.45) is 5.92 Å². The number of hydrogen-bond acceptors (Lipinski definition) is 4. The summed E-state index contributed by atoms with van der Waals surface area (Å²) in [4.78, 5) is 37.2. The van der Waals surface area contributed by atoms with Gasteiger partial charge in [0.05, 0.1) is 5.57 Å². The van der Waals surface area contributed by atoms with E-state index in [0.717, 1.165) is 0 Å². The summed E-state index contributed by atoms with van der Waals surface area (Å²) >= 11 is 0. The average Bonchev–Trinajstić information content (AvgIpc) is 2.97. The molecule has 0 saturated carbocycles. The highest BCUT2D eigenvalue weighted by Gasteiger charge is 2.37. The molecule has 0 N–H and O–H groups in total. The highest BCUT2D eigenvalue weighted by molar-refractivity contribution is 6.39. The van der Waals surface area contributed by atoms with E-state index in [0.29, 0.717) is 22.3 Å². The van der Waals surface area contributed by atoms with Crippen molar-refractivity contribution in [2.75, 3.05) is 0 Å². The lowest BCUT2D eigenvalue weighted by molar-refractivity contribution is -0.430. The van der Waals surface area contributed by atoms with Gasteiger partial charge in [0.15, 0.2) is 17.3 Å². The van der Waals surface area contributed by atoms with Crippen LogP contribution in [0.5, 0.6) is 0 Å². The molecule has 4 heteroatoms. The Hall–Kier alpha value is -2.85. The molecule has 2 aliphatic carbocycles. The minimum absolute atomic E-state index is 0.0711. The zero-order valence-electron chi connectivity index (χ0n) is 12.0. The molecule has 23 heavy (non-hydrogen) atoms. The predicted octanol–water partition coefficient (Wildman–Crippen LogP) is 1.91. The molecule has 0 aromatic heterocycles. The molecule has 4 nitrogen and oxygen atoms in total. The van der Waals surface area contributed by atoms with Crippen LogP contribution in [0.15, 0.2) is 60.2 Å². The van der Waals surface area contributed by atoms with Crippen molar-refractivity contribution in [3.05, 3.63) is 82.4 Å². The molecule has 0 fully saturated rings. The zero-order valence-corrected chi connectivity index (χ0v) is 12.0. The number of allylic oxidation sites excluding steroid dienone is 1. The molecular weight excluding hydrogens is 292 g/mol. The third-order valence-electron chi connectivity index (χ3n) is 4.41. The maximum atomic E-state index is 12.5. The largest absolute Gasteiger partial charge is 0.848 e. The Morgan fingerprint density at radius 2 is 1.30 bits per heavy atom. The summed E-state index contributed by atoms with van der Waals surface area (Å²) in [5, 5.41) is 12.5. The smallest absolute Gasteiger partial charge is 0.197 e. The molecule has 0 radical (unpaired) electrons. The van der Waals surface area contributed by atoms with Crippen LogP contribution < -0.4 is 5.11 Å². The van der Waals surface area contributed by atoms with Crippen molar-refractivity contribution < 1.29 is 19.5 Å². The van der Waals surface area contributed by atoms with Gasteiger partial charge in [-0.3, -0.25) is 14.4 Å². The Kier molecular flexibility index (Phi) is 2.89. The molecular formula is C19H11O4-. The number of fused-ring (bicyclic) bond motifs is 2. The fraction of sp³-hybridized carbons (Fsp3) is 0.105. The molecule has 0 heterocycles. The average molecular weight is 303 g/mol. The normalized spacial score (nSPS) is 22.3. The number of ketones is 3. The van der Waals surface area contributed by atoms with Crippen LogP contribution in [-0.4, -0.2) is 17.3 Å².